The van der Waals surface area contributed by atoms with Crippen molar-refractivity contribution in [3.05, 3.63) is 97.1 Å². The van der Waals surface area contributed by atoms with Gasteiger partial charge in [-0.3, -0.25) is 0 Å². The first-order valence-electron chi connectivity index (χ1n) is 9.13. The van der Waals surface area contributed by atoms with Gasteiger partial charge in [-0.05, 0) is 38.7 Å². The molecular weight excluding hydrogens is 344 g/mol. The van der Waals surface area contributed by atoms with Crippen LogP contribution in [0, 0.1) is 6.07 Å². The van der Waals surface area contributed by atoms with Crippen LogP contribution in [0.3, 0.4) is 0 Å². The summed E-state index contributed by atoms with van der Waals surface area (Å²) in [6.07, 6.45) is 0. The Morgan fingerprint density at radius 3 is 2.37 bits per heavy atom. The van der Waals surface area contributed by atoms with Crippen LogP contribution in [0.4, 0.5) is 0 Å². The van der Waals surface area contributed by atoms with Crippen LogP contribution in [0.2, 0.25) is 0 Å². The third-order valence-electron chi connectivity index (χ3n) is 5.40. The normalized spacial score (nSPS) is 11.7. The molecule has 1 heterocycles. The minimum Gasteiger partial charge on any atom is -0.135 e. The van der Waals surface area contributed by atoms with Gasteiger partial charge in [-0.1, -0.05) is 84.9 Å². The maximum absolute atomic E-state index is 3.40. The Kier molecular flexibility index (Phi) is 3.14. The molecule has 0 nitrogen and oxygen atoms in total. The molecule has 1 radical (unpaired) electrons. The van der Waals surface area contributed by atoms with Gasteiger partial charge in [0.2, 0.25) is 0 Å². The molecule has 125 valence electrons. The van der Waals surface area contributed by atoms with Crippen LogP contribution in [0.15, 0.2) is 91.0 Å². The van der Waals surface area contributed by atoms with Crippen LogP contribution in [-0.2, 0) is 0 Å². The fourth-order valence-electron chi connectivity index (χ4n) is 4.21. The summed E-state index contributed by atoms with van der Waals surface area (Å²) in [5.41, 5.74) is 2.60. The van der Waals surface area contributed by atoms with E-state index in [2.05, 4.69) is 91.0 Å². The van der Waals surface area contributed by atoms with E-state index in [1.165, 1.54) is 52.8 Å². The number of benzene rings is 5. The molecule has 0 saturated heterocycles. The van der Waals surface area contributed by atoms with Crippen molar-refractivity contribution in [2.45, 2.75) is 0 Å². The summed E-state index contributed by atoms with van der Waals surface area (Å²) in [4.78, 5) is 0. The molecule has 0 atom stereocenters. The number of hydrogen-bond acceptors (Lipinski definition) is 1. The summed E-state index contributed by atoms with van der Waals surface area (Å²) in [6.45, 7) is 0. The van der Waals surface area contributed by atoms with E-state index in [0.29, 0.717) is 0 Å². The third-order valence-corrected chi connectivity index (χ3v) is 6.50. The Bertz CT molecular complexity index is 1470. The highest BCUT2D eigenvalue weighted by Crippen LogP contribution is 2.42. The van der Waals surface area contributed by atoms with Gasteiger partial charge in [-0.15, -0.1) is 11.3 Å². The molecule has 1 aromatic heterocycles. The molecule has 0 aliphatic carbocycles. The predicted octanol–water partition coefficient (Wildman–Crippen LogP) is 7.83. The summed E-state index contributed by atoms with van der Waals surface area (Å²) in [5, 5.41) is 7.86. The second-order valence-corrected chi connectivity index (χ2v) is 7.93. The average molecular weight is 359 g/mol. The van der Waals surface area contributed by atoms with Gasteiger partial charge in [-0.25, -0.2) is 0 Å². The first-order chi connectivity index (χ1) is 13.4. The van der Waals surface area contributed by atoms with E-state index in [4.69, 9.17) is 0 Å². The second kappa shape index (κ2) is 5.67. The molecular formula is C26H15S. The molecule has 0 bridgehead atoms. The molecule has 0 N–H and O–H groups in total. The first-order valence-corrected chi connectivity index (χ1v) is 9.94. The zero-order chi connectivity index (χ0) is 17.8. The molecule has 0 aliphatic rings. The van der Waals surface area contributed by atoms with E-state index in [1.54, 1.807) is 0 Å². The summed E-state index contributed by atoms with van der Waals surface area (Å²) in [5.74, 6) is 0. The minimum absolute atomic E-state index is 1.23. The fraction of sp³-hybridized carbons (Fsp3) is 0. The average Bonchev–Trinajstić information content (AvgIpc) is 3.12. The maximum atomic E-state index is 3.40. The lowest BCUT2D eigenvalue weighted by Gasteiger charge is -2.11. The summed E-state index contributed by atoms with van der Waals surface area (Å²) < 4.78 is 2.55. The highest BCUT2D eigenvalue weighted by Gasteiger charge is 2.13. The molecule has 0 aliphatic heterocycles. The zero-order valence-corrected chi connectivity index (χ0v) is 15.4. The van der Waals surface area contributed by atoms with E-state index in [0.717, 1.165) is 0 Å². The van der Waals surface area contributed by atoms with Crippen LogP contribution >= 0.6 is 11.3 Å². The van der Waals surface area contributed by atoms with Crippen LogP contribution < -0.4 is 0 Å². The highest BCUT2D eigenvalue weighted by atomic mass is 32.1. The Morgan fingerprint density at radius 2 is 1.37 bits per heavy atom. The van der Waals surface area contributed by atoms with Crippen molar-refractivity contribution < 1.29 is 0 Å². The van der Waals surface area contributed by atoms with Crippen molar-refractivity contribution in [1.82, 2.24) is 0 Å². The number of hydrogen-bond donors (Lipinski definition) is 0. The quantitative estimate of drug-likeness (QED) is 0.262. The van der Waals surface area contributed by atoms with E-state index >= 15 is 0 Å². The maximum Gasteiger partial charge on any atom is 0.0434 e. The van der Waals surface area contributed by atoms with E-state index in [9.17, 15) is 0 Å². The molecule has 1 heteroatoms. The van der Waals surface area contributed by atoms with Crippen molar-refractivity contribution >= 4 is 53.1 Å². The van der Waals surface area contributed by atoms with E-state index in [1.807, 2.05) is 17.4 Å². The lowest BCUT2D eigenvalue weighted by molar-refractivity contribution is 1.72. The molecule has 0 fully saturated rings. The molecule has 27 heavy (non-hydrogen) atoms. The van der Waals surface area contributed by atoms with Crippen molar-refractivity contribution in [2.24, 2.45) is 0 Å². The zero-order valence-electron chi connectivity index (χ0n) is 14.6. The highest BCUT2D eigenvalue weighted by molar-refractivity contribution is 7.25. The van der Waals surface area contributed by atoms with Crippen LogP contribution in [0.1, 0.15) is 0 Å². The second-order valence-electron chi connectivity index (χ2n) is 6.88. The summed E-state index contributed by atoms with van der Waals surface area (Å²) in [6, 6.07) is 36.2. The van der Waals surface area contributed by atoms with Crippen LogP contribution in [0.25, 0.3) is 52.8 Å². The number of thiophene rings is 1. The van der Waals surface area contributed by atoms with Crippen molar-refractivity contribution in [3.63, 3.8) is 0 Å². The summed E-state index contributed by atoms with van der Waals surface area (Å²) in [7, 11) is 0. The third kappa shape index (κ3) is 2.16. The molecule has 6 rings (SSSR count). The van der Waals surface area contributed by atoms with Gasteiger partial charge in [0.05, 0.1) is 0 Å². The molecule has 0 saturated carbocycles. The van der Waals surface area contributed by atoms with Gasteiger partial charge in [0.15, 0.2) is 0 Å². The molecule has 0 unspecified atom stereocenters. The monoisotopic (exact) mass is 359 g/mol. The standard InChI is InChI=1S/C26H15S/c1-2-8-18-17(7-1)15-16-21-19(18)10-5-11-20(21)22-12-6-14-25-26(22)23-9-3-4-13-24(23)27-25/h1-12,14-16H. The van der Waals surface area contributed by atoms with Crippen molar-refractivity contribution in [3.8, 4) is 11.1 Å². The predicted molar refractivity (Wildman–Crippen MR) is 119 cm³/mol. The molecule has 5 aromatic carbocycles. The number of fused-ring (bicyclic) bond motifs is 6. The van der Waals surface area contributed by atoms with Gasteiger partial charge in [-0.2, -0.15) is 0 Å². The first kappa shape index (κ1) is 15.0. The van der Waals surface area contributed by atoms with Gasteiger partial charge >= 0.3 is 0 Å². The van der Waals surface area contributed by atoms with Crippen LogP contribution in [-0.4, -0.2) is 0 Å². The largest absolute Gasteiger partial charge is 0.135 e. The summed E-state index contributed by atoms with van der Waals surface area (Å²) >= 11 is 1.82. The van der Waals surface area contributed by atoms with Crippen LogP contribution in [0.5, 0.6) is 0 Å². The smallest absolute Gasteiger partial charge is 0.0434 e. The lowest BCUT2D eigenvalue weighted by atomic mass is 9.92. The van der Waals surface area contributed by atoms with E-state index < -0.39 is 0 Å². The Balaban J connectivity index is 1.77. The Hall–Kier alpha value is -3.16. The molecule has 0 spiro atoms. The van der Waals surface area contributed by atoms with Gasteiger partial charge in [0, 0.05) is 26.2 Å². The Morgan fingerprint density at radius 1 is 0.556 bits per heavy atom. The van der Waals surface area contributed by atoms with Crippen molar-refractivity contribution in [1.29, 1.82) is 0 Å². The van der Waals surface area contributed by atoms with Gasteiger partial charge in [0.1, 0.15) is 0 Å². The molecule has 6 aromatic rings. The molecule has 0 amide bonds. The van der Waals surface area contributed by atoms with Gasteiger partial charge in [0.25, 0.3) is 0 Å². The topological polar surface area (TPSA) is 0 Å². The minimum atomic E-state index is 1.23. The van der Waals surface area contributed by atoms with Crippen molar-refractivity contribution in [2.75, 3.05) is 0 Å². The van der Waals surface area contributed by atoms with Gasteiger partial charge < -0.3 is 0 Å². The lowest BCUT2D eigenvalue weighted by Crippen LogP contribution is -1.84. The SMILES string of the molecule is [c]1cccc2c1sc1cccc(-c3cccc4c3ccc3ccccc34)c12. The fourth-order valence-corrected chi connectivity index (χ4v) is 5.30. The number of rotatable bonds is 1. The Labute approximate surface area is 161 Å². The van der Waals surface area contributed by atoms with E-state index in [-0.39, 0.29) is 0 Å².